The van der Waals surface area contributed by atoms with E-state index in [-0.39, 0.29) is 43.2 Å². The number of guanidine groups is 2. The molecule has 0 saturated carbocycles. The second kappa shape index (κ2) is 10.8. The number of carbonyl (C=O) groups excluding carboxylic acids is 2. The van der Waals surface area contributed by atoms with Gasteiger partial charge < -0.3 is 36.6 Å². The molecule has 37 heavy (non-hydrogen) atoms. The molecule has 13 nitrogen and oxygen atoms in total. The average molecular weight is 522 g/mol. The van der Waals surface area contributed by atoms with Gasteiger partial charge in [0, 0.05) is 25.1 Å². The number of ether oxygens (including phenoxy) is 1. The lowest BCUT2D eigenvalue weighted by Crippen LogP contribution is -2.77. The summed E-state index contributed by atoms with van der Waals surface area (Å²) in [7, 11) is 0. The minimum Gasteiger partial charge on any atom is -0.446 e. The predicted molar refractivity (Wildman–Crippen MR) is 131 cm³/mol. The van der Waals surface area contributed by atoms with E-state index in [4.69, 9.17) is 16.2 Å². The number of amides is 2. The van der Waals surface area contributed by atoms with Crippen LogP contribution in [0.15, 0.2) is 29.3 Å². The van der Waals surface area contributed by atoms with Crippen molar-refractivity contribution in [1.82, 2.24) is 21.3 Å². The van der Waals surface area contributed by atoms with Crippen LogP contribution in [0, 0.1) is 5.82 Å². The first-order valence-electron chi connectivity index (χ1n) is 12.3. The minimum atomic E-state index is -2.14. The third-order valence-electron chi connectivity index (χ3n) is 6.91. The molecule has 0 aromatic heterocycles. The Labute approximate surface area is 213 Å². The van der Waals surface area contributed by atoms with Gasteiger partial charge in [0.15, 0.2) is 12.0 Å². The van der Waals surface area contributed by atoms with E-state index in [1.165, 1.54) is 24.3 Å². The van der Waals surface area contributed by atoms with Crippen molar-refractivity contribution in [3.05, 3.63) is 35.6 Å². The number of nitrogens with two attached hydrogens (primary N) is 2. The van der Waals surface area contributed by atoms with Gasteiger partial charge in [0.2, 0.25) is 11.4 Å². The third-order valence-corrected chi connectivity index (χ3v) is 6.91. The Bertz CT molecular complexity index is 1080. The van der Waals surface area contributed by atoms with Gasteiger partial charge in [-0.25, -0.2) is 18.8 Å². The summed E-state index contributed by atoms with van der Waals surface area (Å²) in [6.45, 7) is 1.09. The first-order chi connectivity index (χ1) is 17.6. The molecule has 1 aromatic rings. The second-order valence-corrected chi connectivity index (χ2v) is 9.41. The average Bonchev–Trinajstić information content (AvgIpc) is 3.35. The number of hydrogen-bond acceptors (Lipinski definition) is 10. The van der Waals surface area contributed by atoms with Crippen molar-refractivity contribution in [1.29, 1.82) is 0 Å². The SMILES string of the molecule is NC1=NC2[C@H](COC(=O)NCCCCCCNC(=O)c3ccc(F)cc3)NC(N)=[N+]3CCC(O)(O)C23N1. The molecule has 14 heteroatoms. The van der Waals surface area contributed by atoms with Gasteiger partial charge in [-0.05, 0) is 37.1 Å². The lowest BCUT2D eigenvalue weighted by atomic mass is 9.87. The van der Waals surface area contributed by atoms with Gasteiger partial charge in [-0.2, -0.15) is 0 Å². The van der Waals surface area contributed by atoms with Gasteiger partial charge in [0.05, 0.1) is 6.54 Å². The molecule has 3 heterocycles. The van der Waals surface area contributed by atoms with Gasteiger partial charge >= 0.3 is 12.1 Å². The van der Waals surface area contributed by atoms with Crippen molar-refractivity contribution in [3.8, 4) is 0 Å². The Morgan fingerprint density at radius 3 is 2.51 bits per heavy atom. The van der Waals surface area contributed by atoms with Crippen molar-refractivity contribution >= 4 is 23.9 Å². The third kappa shape index (κ3) is 5.39. The molecule has 2 amide bonds. The van der Waals surface area contributed by atoms with E-state index in [2.05, 4.69) is 26.3 Å². The number of hydrogen-bond donors (Lipinski definition) is 8. The van der Waals surface area contributed by atoms with Gasteiger partial charge in [-0.1, -0.05) is 12.8 Å². The highest BCUT2D eigenvalue weighted by molar-refractivity contribution is 5.94. The molecule has 202 valence electrons. The number of rotatable bonds is 10. The zero-order valence-electron chi connectivity index (χ0n) is 20.4. The summed E-state index contributed by atoms with van der Waals surface area (Å²) >= 11 is 0. The van der Waals surface area contributed by atoms with Crippen LogP contribution in [-0.2, 0) is 4.74 Å². The topological polar surface area (TPSA) is 199 Å². The maximum absolute atomic E-state index is 12.9. The maximum Gasteiger partial charge on any atom is 0.407 e. The fourth-order valence-electron chi connectivity index (χ4n) is 5.05. The number of alkyl carbamates (subject to hydrolysis) is 1. The summed E-state index contributed by atoms with van der Waals surface area (Å²) in [5.41, 5.74) is 11.0. The van der Waals surface area contributed by atoms with Gasteiger partial charge in [-0.3, -0.25) is 15.8 Å². The number of unbranched alkanes of at least 4 members (excludes halogenated alkanes) is 3. The Kier molecular flexibility index (Phi) is 7.68. The van der Waals surface area contributed by atoms with E-state index in [9.17, 15) is 24.2 Å². The zero-order chi connectivity index (χ0) is 26.6. The standard InChI is InChI=1S/C23H33FN8O5/c24-15-7-5-14(6-8-15)18(33)27-10-3-1-2-4-11-28-21(34)37-13-16-17-23(31-19(25)30-17)22(35,36)9-12-32(23)20(26)29-16/h5-8,16-17,35-36H,1-4,9-13H2,(H7,25,26,27,28,29,30,31,33,34)/p+1/t16-,17?,23?/m0/s1. The van der Waals surface area contributed by atoms with Gasteiger partial charge in [0.25, 0.3) is 5.91 Å². The van der Waals surface area contributed by atoms with Crippen LogP contribution in [0.5, 0.6) is 0 Å². The molecule has 1 spiro atoms. The largest absolute Gasteiger partial charge is 0.446 e. The summed E-state index contributed by atoms with van der Waals surface area (Å²) in [5.74, 6) is -2.51. The molecule has 1 fully saturated rings. The summed E-state index contributed by atoms with van der Waals surface area (Å²) < 4.78 is 19.8. The van der Waals surface area contributed by atoms with Crippen LogP contribution < -0.4 is 32.7 Å². The number of aliphatic imine (C=N–C) groups is 1. The summed E-state index contributed by atoms with van der Waals surface area (Å²) in [6.07, 6.45) is 2.63. The number of aliphatic hydroxyl groups is 2. The molecular formula is C23H34FN8O5+. The molecule has 10 N–H and O–H groups in total. The highest BCUT2D eigenvalue weighted by atomic mass is 19.1. The normalized spacial score (nSPS) is 25.3. The monoisotopic (exact) mass is 521 g/mol. The minimum absolute atomic E-state index is 0.0381. The number of nitrogens with zero attached hydrogens (tertiary/aromatic N) is 2. The lowest BCUT2D eigenvalue weighted by Gasteiger charge is -2.42. The van der Waals surface area contributed by atoms with Crippen LogP contribution in [0.2, 0.25) is 0 Å². The number of nitrogens with one attached hydrogen (secondary N) is 4. The van der Waals surface area contributed by atoms with Crippen molar-refractivity contribution in [2.75, 3.05) is 26.2 Å². The maximum atomic E-state index is 12.9. The number of carbonyl (C=O) groups is 2. The van der Waals surface area contributed by atoms with Crippen molar-refractivity contribution < 1.29 is 33.5 Å². The molecule has 3 aliphatic heterocycles. The Morgan fingerprint density at radius 2 is 1.81 bits per heavy atom. The van der Waals surface area contributed by atoms with Crippen molar-refractivity contribution in [2.45, 2.75) is 55.6 Å². The van der Waals surface area contributed by atoms with Crippen LogP contribution >= 0.6 is 0 Å². The molecule has 4 rings (SSSR count). The van der Waals surface area contributed by atoms with Crippen LogP contribution in [0.1, 0.15) is 42.5 Å². The Balaban J connectivity index is 1.13. The van der Waals surface area contributed by atoms with E-state index in [0.29, 0.717) is 18.7 Å². The van der Waals surface area contributed by atoms with Gasteiger partial charge in [-0.15, -0.1) is 0 Å². The molecule has 0 aliphatic carbocycles. The number of halogens is 1. The van der Waals surface area contributed by atoms with E-state index >= 15 is 0 Å². The van der Waals surface area contributed by atoms with Gasteiger partial charge in [0.1, 0.15) is 18.5 Å². The van der Waals surface area contributed by atoms with Crippen LogP contribution in [-0.4, -0.2) is 88.5 Å². The first-order valence-corrected chi connectivity index (χ1v) is 12.3. The highest BCUT2D eigenvalue weighted by Crippen LogP contribution is 2.40. The zero-order valence-corrected chi connectivity index (χ0v) is 20.4. The highest BCUT2D eigenvalue weighted by Gasteiger charge is 2.71. The first kappa shape index (κ1) is 26.4. The molecule has 1 aromatic carbocycles. The Morgan fingerprint density at radius 1 is 1.14 bits per heavy atom. The van der Waals surface area contributed by atoms with E-state index in [0.717, 1.165) is 25.7 Å². The predicted octanol–water partition coefficient (Wildman–Crippen LogP) is -1.79. The molecular weight excluding hydrogens is 487 g/mol. The number of benzene rings is 1. The fraction of sp³-hybridized carbons (Fsp3) is 0.565. The Hall–Kier alpha value is -3.65. The van der Waals surface area contributed by atoms with Crippen LogP contribution in [0.25, 0.3) is 0 Å². The van der Waals surface area contributed by atoms with Crippen LogP contribution in [0.3, 0.4) is 0 Å². The molecule has 1 saturated heterocycles. The molecule has 3 atom stereocenters. The summed E-state index contributed by atoms with van der Waals surface area (Å²) in [6, 6.07) is 3.99. The summed E-state index contributed by atoms with van der Waals surface area (Å²) in [4.78, 5) is 28.5. The molecule has 0 bridgehead atoms. The van der Waals surface area contributed by atoms with E-state index in [1.54, 1.807) is 4.58 Å². The smallest absolute Gasteiger partial charge is 0.407 e. The second-order valence-electron chi connectivity index (χ2n) is 9.41. The molecule has 0 radical (unpaired) electrons. The molecule has 3 aliphatic rings. The van der Waals surface area contributed by atoms with Crippen LogP contribution in [0.4, 0.5) is 9.18 Å². The molecule has 2 unspecified atom stereocenters. The van der Waals surface area contributed by atoms with E-state index in [1.807, 2.05) is 0 Å². The van der Waals surface area contributed by atoms with E-state index < -0.39 is 29.6 Å². The lowest BCUT2D eigenvalue weighted by molar-refractivity contribution is -0.623. The summed E-state index contributed by atoms with van der Waals surface area (Å²) in [5, 5.41) is 32.7. The van der Waals surface area contributed by atoms with Crippen molar-refractivity contribution in [2.24, 2.45) is 16.5 Å². The van der Waals surface area contributed by atoms with Crippen molar-refractivity contribution in [3.63, 3.8) is 0 Å². The quantitative estimate of drug-likeness (QED) is 0.0995. The fourth-order valence-corrected chi connectivity index (χ4v) is 5.05.